The molecule has 0 radical (unpaired) electrons. The third-order valence-electron chi connectivity index (χ3n) is 6.02. The molecule has 0 spiro atoms. The molecule has 0 aromatic carbocycles. The highest BCUT2D eigenvalue weighted by Gasteiger charge is 2.25. The van der Waals surface area contributed by atoms with Crippen LogP contribution in [0.2, 0.25) is 0 Å². The summed E-state index contributed by atoms with van der Waals surface area (Å²) in [6.07, 6.45) is 30.4. The van der Waals surface area contributed by atoms with Gasteiger partial charge in [-0.1, -0.05) is 96.3 Å². The Labute approximate surface area is 212 Å². The van der Waals surface area contributed by atoms with E-state index in [1.165, 1.54) is 25.7 Å². The van der Waals surface area contributed by atoms with E-state index in [2.05, 4.69) is 50.0 Å². The minimum atomic E-state index is -2.79. The zero-order chi connectivity index (χ0) is 25.5. The van der Waals surface area contributed by atoms with E-state index in [4.69, 9.17) is 4.52 Å². The van der Waals surface area contributed by atoms with Crippen LogP contribution in [-0.4, -0.2) is 17.5 Å². The highest BCUT2D eigenvalue weighted by Crippen LogP contribution is 2.57. The fourth-order valence-electron chi connectivity index (χ4n) is 3.36. The van der Waals surface area contributed by atoms with Crippen molar-refractivity contribution in [3.63, 3.8) is 0 Å². The van der Waals surface area contributed by atoms with Crippen molar-refractivity contribution in [1.29, 1.82) is 0 Å². The topological polar surface area (TPSA) is 43.4 Å². The molecule has 0 aliphatic heterocycles. The van der Waals surface area contributed by atoms with Crippen molar-refractivity contribution in [3.8, 4) is 0 Å². The molecule has 0 saturated carbocycles. The highest BCUT2D eigenvalue weighted by atomic mass is 31.2. The van der Waals surface area contributed by atoms with Crippen molar-refractivity contribution in [2.24, 2.45) is 0 Å². The van der Waals surface area contributed by atoms with E-state index in [-0.39, 0.29) is 0 Å². The summed E-state index contributed by atoms with van der Waals surface area (Å²) in [4.78, 5) is 12.0. The van der Waals surface area contributed by atoms with E-state index in [1.54, 1.807) is 0 Å². The fraction of sp³-hybridized carbons (Fsp3) is 0.733. The van der Waals surface area contributed by atoms with Gasteiger partial charge in [0.15, 0.2) is 0 Å². The van der Waals surface area contributed by atoms with Crippen LogP contribution in [0.4, 0.5) is 0 Å². The molecule has 0 heterocycles. The molecule has 0 fully saturated rings. The van der Waals surface area contributed by atoms with E-state index >= 15 is 0 Å². The molecule has 1 unspecified atom stereocenters. The Balaban J connectivity index is 3.50. The smallest absolute Gasteiger partial charge is 0.132 e. The number of ketones is 1. The lowest BCUT2D eigenvalue weighted by Gasteiger charge is -2.33. The minimum absolute atomic E-state index is 0.397. The second-order valence-corrected chi connectivity index (χ2v) is 13.3. The number of carbonyl (C=O) groups is 1. The van der Waals surface area contributed by atoms with Crippen molar-refractivity contribution >= 4 is 13.2 Å². The molecule has 0 saturated heterocycles. The molecule has 0 amide bonds. The summed E-state index contributed by atoms with van der Waals surface area (Å²) >= 11 is 0. The van der Waals surface area contributed by atoms with Gasteiger partial charge in [-0.2, -0.15) is 0 Å². The van der Waals surface area contributed by atoms with Crippen molar-refractivity contribution < 1.29 is 13.9 Å². The lowest BCUT2D eigenvalue weighted by molar-refractivity contribution is -0.119. The Hall–Kier alpha value is -0.920. The Bertz CT molecular complexity index is 625. The van der Waals surface area contributed by atoms with Gasteiger partial charge in [0.05, 0.1) is 14.0 Å². The third-order valence-corrected chi connectivity index (χ3v) is 8.66. The third kappa shape index (κ3) is 20.5. The van der Waals surface area contributed by atoms with Gasteiger partial charge in [-0.05, 0) is 57.8 Å². The monoisotopic (exact) mass is 493 g/mol. The minimum Gasteiger partial charge on any atom is -0.352 e. The van der Waals surface area contributed by atoms with Crippen LogP contribution in [-0.2, 0) is 13.9 Å². The quantitative estimate of drug-likeness (QED) is 0.0652. The zero-order valence-electron chi connectivity index (χ0n) is 22.9. The second-order valence-electron chi connectivity index (χ2n) is 10.4. The second kappa shape index (κ2) is 21.4. The van der Waals surface area contributed by atoms with E-state index in [0.717, 1.165) is 70.6 Å². The van der Waals surface area contributed by atoms with Crippen LogP contribution < -0.4 is 0 Å². The normalized spacial score (nSPS) is 14.5. The highest BCUT2D eigenvalue weighted by molar-refractivity contribution is 7.61. The van der Waals surface area contributed by atoms with Gasteiger partial charge in [-0.25, -0.2) is 0 Å². The van der Waals surface area contributed by atoms with Crippen LogP contribution in [0.5, 0.6) is 0 Å². The Kier molecular flexibility index (Phi) is 20.8. The van der Waals surface area contributed by atoms with Crippen LogP contribution in [0.15, 0.2) is 36.5 Å². The molecule has 0 aliphatic carbocycles. The largest absolute Gasteiger partial charge is 0.352 e. The number of Topliss-reactive ketones (excluding diaryl/α,β-unsaturated/α-hetero) is 1. The summed E-state index contributed by atoms with van der Waals surface area (Å²) in [5.41, 5.74) is 0. The lowest BCUT2D eigenvalue weighted by atomic mass is 10.0. The summed E-state index contributed by atoms with van der Waals surface area (Å²) < 4.78 is 17.9. The van der Waals surface area contributed by atoms with Crippen molar-refractivity contribution in [1.82, 2.24) is 0 Å². The lowest BCUT2D eigenvalue weighted by Crippen LogP contribution is -2.15. The summed E-state index contributed by atoms with van der Waals surface area (Å²) in [5, 5.41) is -0.397. The maximum absolute atomic E-state index is 12.3. The molecule has 198 valence electrons. The predicted molar refractivity (Wildman–Crippen MR) is 151 cm³/mol. The molecule has 1 atom stereocenters. The SMILES string of the molecule is [CH2-]P(=O)(OCCCCCCCC(=O)CCCC/C=C\C/C=C\C/C=C\CCCCC)C(C)(C)C. The molecule has 0 aromatic heterocycles. The van der Waals surface area contributed by atoms with E-state index in [9.17, 15) is 9.36 Å². The van der Waals surface area contributed by atoms with Gasteiger partial charge in [0.1, 0.15) is 5.78 Å². The molecule has 4 heteroatoms. The molecule has 0 bridgehead atoms. The van der Waals surface area contributed by atoms with Gasteiger partial charge >= 0.3 is 0 Å². The average molecular weight is 494 g/mol. The summed E-state index contributed by atoms with van der Waals surface area (Å²) in [6.45, 7) is 12.2. The Morgan fingerprint density at radius 2 is 1.21 bits per heavy atom. The van der Waals surface area contributed by atoms with E-state index < -0.39 is 12.5 Å². The van der Waals surface area contributed by atoms with Crippen LogP contribution >= 0.6 is 7.37 Å². The molecule has 3 nitrogen and oxygen atoms in total. The van der Waals surface area contributed by atoms with E-state index in [1.807, 2.05) is 20.8 Å². The molecule has 34 heavy (non-hydrogen) atoms. The number of hydrogen-bond acceptors (Lipinski definition) is 3. The van der Waals surface area contributed by atoms with Crippen molar-refractivity contribution in [2.75, 3.05) is 6.61 Å². The maximum atomic E-state index is 12.3. The molecule has 0 rings (SSSR count). The number of carbonyl (C=O) groups excluding carboxylic acids is 1. The first-order chi connectivity index (χ1) is 16.2. The van der Waals surface area contributed by atoms with Crippen molar-refractivity contribution in [2.45, 2.75) is 136 Å². The van der Waals surface area contributed by atoms with Crippen LogP contribution in [0, 0.1) is 6.66 Å². The predicted octanol–water partition coefficient (Wildman–Crippen LogP) is 10.4. The number of hydrogen-bond donors (Lipinski definition) is 0. The number of rotatable bonds is 22. The first kappa shape index (κ1) is 33.1. The summed E-state index contributed by atoms with van der Waals surface area (Å²) in [5.74, 6) is 0.404. The van der Waals surface area contributed by atoms with Gasteiger partial charge in [-0.15, -0.1) is 0 Å². The van der Waals surface area contributed by atoms with E-state index in [0.29, 0.717) is 18.8 Å². The first-order valence-electron chi connectivity index (χ1n) is 13.8. The number of unbranched alkanes of at least 4 members (excludes halogenated alkanes) is 9. The summed E-state index contributed by atoms with van der Waals surface area (Å²) in [6, 6.07) is 0. The van der Waals surface area contributed by atoms with Crippen LogP contribution in [0.25, 0.3) is 0 Å². The van der Waals surface area contributed by atoms with Gasteiger partial charge < -0.3 is 9.09 Å². The standard InChI is InChI=1S/C30H54O3P/c1-6-7-8-9-10-11-12-13-14-15-16-17-18-20-23-26-29(31)27-24-21-19-22-25-28-33-34(5,32)30(2,3)4/h10-11,13-14,16-17H,5-9,12,15,18-28H2,1-4H3/q-1/b11-10-,14-13-,17-16-. The van der Waals surface area contributed by atoms with Gasteiger partial charge in [0, 0.05) is 18.0 Å². The summed E-state index contributed by atoms with van der Waals surface area (Å²) in [7, 11) is -2.79. The zero-order valence-corrected chi connectivity index (χ0v) is 23.8. The van der Waals surface area contributed by atoms with Crippen molar-refractivity contribution in [3.05, 3.63) is 43.1 Å². The first-order valence-corrected chi connectivity index (χ1v) is 15.6. The number of allylic oxidation sites excluding steroid dienone is 6. The molecule has 0 aromatic rings. The van der Waals surface area contributed by atoms with Gasteiger partial charge in [0.2, 0.25) is 0 Å². The molecular formula is C30H54O3P-. The van der Waals surface area contributed by atoms with Crippen LogP contribution in [0.3, 0.4) is 0 Å². The molecule has 0 aliphatic rings. The Morgan fingerprint density at radius 3 is 1.76 bits per heavy atom. The maximum Gasteiger partial charge on any atom is 0.132 e. The molecule has 0 N–H and O–H groups in total. The van der Waals surface area contributed by atoms with Crippen LogP contribution in [0.1, 0.15) is 130 Å². The fourth-order valence-corrected chi connectivity index (χ4v) is 4.17. The average Bonchev–Trinajstić information content (AvgIpc) is 2.77. The molecular weight excluding hydrogens is 439 g/mol. The Morgan fingerprint density at radius 1 is 0.735 bits per heavy atom. The van der Waals surface area contributed by atoms with Gasteiger partial charge in [-0.3, -0.25) is 11.5 Å². The van der Waals surface area contributed by atoms with Gasteiger partial charge in [0.25, 0.3) is 0 Å².